The van der Waals surface area contributed by atoms with E-state index in [1.807, 2.05) is 0 Å². The van der Waals surface area contributed by atoms with Gasteiger partial charge in [-0.3, -0.25) is 4.90 Å². The minimum atomic E-state index is 0.794. The molecule has 0 aromatic rings. The SMILES string of the molecule is CCC(C)C1CNCCN1CCC1CC1. The topological polar surface area (TPSA) is 15.3 Å². The van der Waals surface area contributed by atoms with E-state index >= 15 is 0 Å². The molecule has 2 unspecified atom stereocenters. The Morgan fingerprint density at radius 2 is 2.20 bits per heavy atom. The third kappa shape index (κ3) is 3.18. The standard InChI is InChI=1S/C13H26N2/c1-3-11(2)13-10-14-7-9-15(13)8-6-12-4-5-12/h11-14H,3-10H2,1-2H3. The van der Waals surface area contributed by atoms with Crippen LogP contribution in [0.3, 0.4) is 0 Å². The molecule has 1 aliphatic carbocycles. The van der Waals surface area contributed by atoms with Gasteiger partial charge in [-0.25, -0.2) is 0 Å². The van der Waals surface area contributed by atoms with Crippen molar-refractivity contribution < 1.29 is 0 Å². The highest BCUT2D eigenvalue weighted by molar-refractivity contribution is 4.84. The van der Waals surface area contributed by atoms with Crippen LogP contribution in [-0.2, 0) is 0 Å². The quantitative estimate of drug-likeness (QED) is 0.747. The fraction of sp³-hybridized carbons (Fsp3) is 1.00. The van der Waals surface area contributed by atoms with Gasteiger partial charge in [0.1, 0.15) is 0 Å². The monoisotopic (exact) mass is 210 g/mol. The zero-order chi connectivity index (χ0) is 10.7. The lowest BCUT2D eigenvalue weighted by molar-refractivity contribution is 0.113. The van der Waals surface area contributed by atoms with E-state index < -0.39 is 0 Å². The Bertz CT molecular complexity index is 189. The first-order valence-corrected chi connectivity index (χ1v) is 6.76. The van der Waals surface area contributed by atoms with Crippen LogP contribution in [0.2, 0.25) is 0 Å². The lowest BCUT2D eigenvalue weighted by atomic mass is 9.95. The van der Waals surface area contributed by atoms with Crippen molar-refractivity contribution in [1.82, 2.24) is 10.2 Å². The molecule has 2 nitrogen and oxygen atoms in total. The largest absolute Gasteiger partial charge is 0.314 e. The lowest BCUT2D eigenvalue weighted by Gasteiger charge is -2.39. The van der Waals surface area contributed by atoms with E-state index in [0.29, 0.717) is 0 Å². The second kappa shape index (κ2) is 5.31. The molecule has 2 fully saturated rings. The van der Waals surface area contributed by atoms with Crippen molar-refractivity contribution in [2.75, 3.05) is 26.2 Å². The number of hydrogen-bond donors (Lipinski definition) is 1. The Balaban J connectivity index is 1.80. The maximum Gasteiger partial charge on any atom is 0.0246 e. The number of piperazine rings is 1. The Morgan fingerprint density at radius 3 is 2.87 bits per heavy atom. The third-order valence-electron chi connectivity index (χ3n) is 4.22. The molecule has 2 atom stereocenters. The van der Waals surface area contributed by atoms with E-state index in [2.05, 4.69) is 24.1 Å². The molecule has 1 saturated carbocycles. The van der Waals surface area contributed by atoms with E-state index in [1.165, 1.54) is 51.9 Å². The molecule has 0 bridgehead atoms. The van der Waals surface area contributed by atoms with E-state index in [0.717, 1.165) is 17.9 Å². The van der Waals surface area contributed by atoms with Gasteiger partial charge in [0.25, 0.3) is 0 Å². The summed E-state index contributed by atoms with van der Waals surface area (Å²) in [6.07, 6.45) is 5.76. The first-order chi connectivity index (χ1) is 7.31. The van der Waals surface area contributed by atoms with E-state index in [-0.39, 0.29) is 0 Å². The molecule has 15 heavy (non-hydrogen) atoms. The van der Waals surface area contributed by atoms with E-state index in [4.69, 9.17) is 0 Å². The summed E-state index contributed by atoms with van der Waals surface area (Å²) in [4.78, 5) is 2.74. The predicted octanol–water partition coefficient (Wildman–Crippen LogP) is 2.11. The van der Waals surface area contributed by atoms with Crippen molar-refractivity contribution in [3.63, 3.8) is 0 Å². The van der Waals surface area contributed by atoms with Crippen molar-refractivity contribution in [1.29, 1.82) is 0 Å². The highest BCUT2D eigenvalue weighted by atomic mass is 15.2. The van der Waals surface area contributed by atoms with Crippen molar-refractivity contribution in [2.45, 2.75) is 45.6 Å². The van der Waals surface area contributed by atoms with Gasteiger partial charge >= 0.3 is 0 Å². The summed E-state index contributed by atoms with van der Waals surface area (Å²) in [7, 11) is 0. The first-order valence-electron chi connectivity index (χ1n) is 6.76. The van der Waals surface area contributed by atoms with Crippen LogP contribution in [0.15, 0.2) is 0 Å². The minimum absolute atomic E-state index is 0.794. The molecule has 0 amide bonds. The molecule has 2 aliphatic rings. The Labute approximate surface area is 94.4 Å². The average Bonchev–Trinajstić information content (AvgIpc) is 3.09. The fourth-order valence-electron chi connectivity index (χ4n) is 2.63. The highest BCUT2D eigenvalue weighted by Crippen LogP contribution is 2.33. The van der Waals surface area contributed by atoms with Crippen LogP contribution in [0.5, 0.6) is 0 Å². The van der Waals surface area contributed by atoms with Gasteiger partial charge in [0.05, 0.1) is 0 Å². The number of nitrogens with one attached hydrogen (secondary N) is 1. The van der Waals surface area contributed by atoms with Gasteiger partial charge in [-0.05, 0) is 24.8 Å². The fourth-order valence-corrected chi connectivity index (χ4v) is 2.63. The molecule has 2 heteroatoms. The Kier molecular flexibility index (Phi) is 4.04. The number of rotatable bonds is 5. The van der Waals surface area contributed by atoms with Gasteiger partial charge in [-0.1, -0.05) is 33.1 Å². The van der Waals surface area contributed by atoms with Crippen LogP contribution >= 0.6 is 0 Å². The minimum Gasteiger partial charge on any atom is -0.314 e. The van der Waals surface area contributed by atoms with Crippen LogP contribution in [0.1, 0.15) is 39.5 Å². The molecule has 1 aliphatic heterocycles. The zero-order valence-electron chi connectivity index (χ0n) is 10.3. The maximum absolute atomic E-state index is 3.54. The Morgan fingerprint density at radius 1 is 1.40 bits per heavy atom. The third-order valence-corrected chi connectivity index (χ3v) is 4.22. The summed E-state index contributed by atoms with van der Waals surface area (Å²) in [5.41, 5.74) is 0. The second-order valence-electron chi connectivity index (χ2n) is 5.43. The van der Waals surface area contributed by atoms with Crippen molar-refractivity contribution in [3.8, 4) is 0 Å². The predicted molar refractivity (Wildman–Crippen MR) is 65.0 cm³/mol. The van der Waals surface area contributed by atoms with Gasteiger partial charge in [-0.2, -0.15) is 0 Å². The van der Waals surface area contributed by atoms with Gasteiger partial charge in [0.2, 0.25) is 0 Å². The van der Waals surface area contributed by atoms with Crippen LogP contribution < -0.4 is 5.32 Å². The van der Waals surface area contributed by atoms with Crippen molar-refractivity contribution >= 4 is 0 Å². The van der Waals surface area contributed by atoms with Crippen LogP contribution in [0.4, 0.5) is 0 Å². The average molecular weight is 210 g/mol. The lowest BCUT2D eigenvalue weighted by Crippen LogP contribution is -2.54. The molecular formula is C13H26N2. The molecule has 2 rings (SSSR count). The first kappa shape index (κ1) is 11.4. The summed E-state index contributed by atoms with van der Waals surface area (Å²) >= 11 is 0. The number of hydrogen-bond acceptors (Lipinski definition) is 2. The smallest absolute Gasteiger partial charge is 0.0246 e. The van der Waals surface area contributed by atoms with Gasteiger partial charge < -0.3 is 5.32 Å². The molecule has 0 spiro atoms. The molecular weight excluding hydrogens is 184 g/mol. The van der Waals surface area contributed by atoms with Crippen LogP contribution in [0.25, 0.3) is 0 Å². The summed E-state index contributed by atoms with van der Waals surface area (Å²) in [5, 5.41) is 3.54. The molecule has 88 valence electrons. The van der Waals surface area contributed by atoms with Crippen LogP contribution in [-0.4, -0.2) is 37.1 Å². The summed E-state index contributed by atoms with van der Waals surface area (Å²) in [6, 6.07) is 0.794. The molecule has 1 heterocycles. The molecule has 0 aromatic carbocycles. The van der Waals surface area contributed by atoms with Crippen molar-refractivity contribution in [3.05, 3.63) is 0 Å². The van der Waals surface area contributed by atoms with E-state index in [1.54, 1.807) is 0 Å². The normalized spacial score (nSPS) is 30.4. The summed E-state index contributed by atoms with van der Waals surface area (Å²) < 4.78 is 0. The van der Waals surface area contributed by atoms with Crippen molar-refractivity contribution in [2.24, 2.45) is 11.8 Å². The highest BCUT2D eigenvalue weighted by Gasteiger charge is 2.28. The van der Waals surface area contributed by atoms with Gasteiger partial charge in [-0.15, -0.1) is 0 Å². The van der Waals surface area contributed by atoms with Gasteiger partial charge in [0, 0.05) is 25.7 Å². The molecule has 1 N–H and O–H groups in total. The summed E-state index contributed by atoms with van der Waals surface area (Å²) in [6.45, 7) is 9.74. The maximum atomic E-state index is 3.54. The zero-order valence-corrected chi connectivity index (χ0v) is 10.3. The second-order valence-corrected chi connectivity index (χ2v) is 5.43. The molecule has 0 radical (unpaired) electrons. The van der Waals surface area contributed by atoms with E-state index in [9.17, 15) is 0 Å². The number of nitrogens with zero attached hydrogens (tertiary/aromatic N) is 1. The van der Waals surface area contributed by atoms with Crippen LogP contribution in [0, 0.1) is 11.8 Å². The Hall–Kier alpha value is -0.0800. The molecule has 1 saturated heterocycles. The molecule has 0 aromatic heterocycles. The summed E-state index contributed by atoms with van der Waals surface area (Å²) in [5.74, 6) is 1.93. The van der Waals surface area contributed by atoms with Gasteiger partial charge in [0.15, 0.2) is 0 Å².